The highest BCUT2D eigenvalue weighted by molar-refractivity contribution is 5.26. The van der Waals surface area contributed by atoms with Gasteiger partial charge in [-0.3, -0.25) is 19.2 Å². The van der Waals surface area contributed by atoms with E-state index in [9.17, 15) is 9.59 Å². The monoisotopic (exact) mass is 253 g/mol. The topological polar surface area (TPSA) is 87.4 Å². The van der Waals surface area contributed by atoms with E-state index in [4.69, 9.17) is 5.73 Å². The predicted octanol–water partition coefficient (Wildman–Crippen LogP) is -1.64. The summed E-state index contributed by atoms with van der Waals surface area (Å²) in [4.78, 5) is 29.5. The van der Waals surface area contributed by atoms with Crippen LogP contribution < -0.4 is 17.0 Å². The van der Waals surface area contributed by atoms with Crippen LogP contribution in [0, 0.1) is 0 Å². The van der Waals surface area contributed by atoms with Crippen molar-refractivity contribution < 1.29 is 0 Å². The number of aromatic amines is 1. The molecule has 3 N–H and O–H groups in total. The first kappa shape index (κ1) is 12.8. The standard InChI is InChI=1S/C11H19N5O2/c1-14-3-4-15(2)8(6-14)7-16-9(12)5-10(17)13-11(16)18/h5,8H,3-4,6-7,12H2,1-2H3,(H,13,17,18). The molecule has 2 rings (SSSR count). The Morgan fingerprint density at radius 2 is 2.11 bits per heavy atom. The molecule has 1 aromatic rings. The van der Waals surface area contributed by atoms with Gasteiger partial charge in [0.1, 0.15) is 5.82 Å². The second kappa shape index (κ2) is 4.95. The number of rotatable bonds is 2. The first-order valence-corrected chi connectivity index (χ1v) is 5.96. The molecule has 0 aromatic carbocycles. The molecule has 1 unspecified atom stereocenters. The normalized spacial score (nSPS) is 22.2. The highest BCUT2D eigenvalue weighted by atomic mass is 16.2. The van der Waals surface area contributed by atoms with Crippen molar-refractivity contribution in [2.75, 3.05) is 39.5 Å². The molecular weight excluding hydrogens is 234 g/mol. The van der Waals surface area contributed by atoms with E-state index in [-0.39, 0.29) is 11.9 Å². The zero-order chi connectivity index (χ0) is 13.3. The van der Waals surface area contributed by atoms with Gasteiger partial charge in [0.05, 0.1) is 0 Å². The van der Waals surface area contributed by atoms with Crippen LogP contribution in [0.2, 0.25) is 0 Å². The number of hydrogen-bond donors (Lipinski definition) is 2. The van der Waals surface area contributed by atoms with Gasteiger partial charge in [0.25, 0.3) is 5.56 Å². The third-order valence-electron chi connectivity index (χ3n) is 3.44. The van der Waals surface area contributed by atoms with Crippen LogP contribution in [-0.4, -0.2) is 59.1 Å². The third-order valence-corrected chi connectivity index (χ3v) is 3.44. The van der Waals surface area contributed by atoms with E-state index < -0.39 is 11.2 Å². The second-order valence-corrected chi connectivity index (χ2v) is 4.87. The quantitative estimate of drug-likeness (QED) is 0.660. The number of nitrogen functional groups attached to an aromatic ring is 1. The summed E-state index contributed by atoms with van der Waals surface area (Å²) < 4.78 is 1.42. The summed E-state index contributed by atoms with van der Waals surface area (Å²) in [6.07, 6.45) is 0. The Kier molecular flexibility index (Phi) is 3.53. The fraction of sp³-hybridized carbons (Fsp3) is 0.636. The average Bonchev–Trinajstić information content (AvgIpc) is 2.28. The van der Waals surface area contributed by atoms with Gasteiger partial charge < -0.3 is 10.6 Å². The fourth-order valence-electron chi connectivity index (χ4n) is 2.24. The molecule has 1 fully saturated rings. The molecule has 0 spiro atoms. The summed E-state index contributed by atoms with van der Waals surface area (Å²) in [5.74, 6) is 0.213. The Morgan fingerprint density at radius 1 is 1.39 bits per heavy atom. The molecule has 100 valence electrons. The first-order chi connectivity index (χ1) is 8.47. The molecule has 18 heavy (non-hydrogen) atoms. The lowest BCUT2D eigenvalue weighted by atomic mass is 10.2. The van der Waals surface area contributed by atoms with Crippen LogP contribution >= 0.6 is 0 Å². The lowest BCUT2D eigenvalue weighted by Gasteiger charge is -2.37. The van der Waals surface area contributed by atoms with Gasteiger partial charge in [0, 0.05) is 38.3 Å². The van der Waals surface area contributed by atoms with Crippen molar-refractivity contribution in [3.05, 3.63) is 26.9 Å². The van der Waals surface area contributed by atoms with E-state index in [1.807, 2.05) is 7.05 Å². The van der Waals surface area contributed by atoms with Crippen LogP contribution in [-0.2, 0) is 6.54 Å². The molecule has 0 saturated carbocycles. The predicted molar refractivity (Wildman–Crippen MR) is 69.7 cm³/mol. The Balaban J connectivity index is 2.23. The molecule has 7 heteroatoms. The van der Waals surface area contributed by atoms with Gasteiger partial charge in [-0.2, -0.15) is 0 Å². The van der Waals surface area contributed by atoms with Crippen molar-refractivity contribution >= 4 is 5.82 Å². The largest absolute Gasteiger partial charge is 0.385 e. The molecule has 1 aliphatic heterocycles. The van der Waals surface area contributed by atoms with E-state index in [1.165, 1.54) is 10.6 Å². The molecule has 1 saturated heterocycles. The maximum atomic E-state index is 11.7. The van der Waals surface area contributed by atoms with Gasteiger partial charge in [-0.1, -0.05) is 0 Å². The maximum absolute atomic E-state index is 11.7. The number of nitrogens with one attached hydrogen (secondary N) is 1. The number of likely N-dealkylation sites (N-methyl/N-ethyl adjacent to an activating group) is 2. The van der Waals surface area contributed by atoms with Crippen molar-refractivity contribution in [2.24, 2.45) is 0 Å². The summed E-state index contributed by atoms with van der Waals surface area (Å²) in [5.41, 5.74) is 4.83. The maximum Gasteiger partial charge on any atom is 0.329 e. The average molecular weight is 253 g/mol. The van der Waals surface area contributed by atoms with Crippen molar-refractivity contribution in [3.8, 4) is 0 Å². The number of nitrogens with zero attached hydrogens (tertiary/aromatic N) is 3. The van der Waals surface area contributed by atoms with Gasteiger partial charge in [-0.25, -0.2) is 4.79 Å². The Morgan fingerprint density at radius 3 is 2.78 bits per heavy atom. The third kappa shape index (κ3) is 2.62. The van der Waals surface area contributed by atoms with Crippen LogP contribution in [0.3, 0.4) is 0 Å². The van der Waals surface area contributed by atoms with E-state index >= 15 is 0 Å². The van der Waals surface area contributed by atoms with Crippen molar-refractivity contribution in [1.82, 2.24) is 19.4 Å². The number of nitrogens with two attached hydrogens (primary N) is 1. The minimum Gasteiger partial charge on any atom is -0.385 e. The lowest BCUT2D eigenvalue weighted by molar-refractivity contribution is 0.102. The zero-order valence-corrected chi connectivity index (χ0v) is 10.7. The molecule has 1 aromatic heterocycles. The van der Waals surface area contributed by atoms with Gasteiger partial charge in [-0.15, -0.1) is 0 Å². The molecule has 0 amide bonds. The van der Waals surface area contributed by atoms with Gasteiger partial charge >= 0.3 is 5.69 Å². The minimum absolute atomic E-state index is 0.213. The summed E-state index contributed by atoms with van der Waals surface area (Å²) in [6, 6.07) is 1.46. The molecule has 1 aliphatic rings. The SMILES string of the molecule is CN1CCN(C)C(Cn2c(N)cc(=O)[nH]c2=O)C1. The summed E-state index contributed by atoms with van der Waals surface area (Å²) in [5, 5.41) is 0. The molecule has 0 bridgehead atoms. The smallest absolute Gasteiger partial charge is 0.329 e. The van der Waals surface area contributed by atoms with Crippen LogP contribution in [0.15, 0.2) is 15.7 Å². The van der Waals surface area contributed by atoms with Crippen molar-refractivity contribution in [3.63, 3.8) is 0 Å². The molecule has 0 aliphatic carbocycles. The highest BCUT2D eigenvalue weighted by Gasteiger charge is 2.23. The van der Waals surface area contributed by atoms with E-state index in [0.29, 0.717) is 6.54 Å². The minimum atomic E-state index is -0.456. The first-order valence-electron chi connectivity index (χ1n) is 5.96. The van der Waals surface area contributed by atoms with Crippen LogP contribution in [0.1, 0.15) is 0 Å². The molecule has 2 heterocycles. The number of piperazine rings is 1. The molecule has 0 radical (unpaired) electrons. The molecule has 1 atom stereocenters. The van der Waals surface area contributed by atoms with Crippen molar-refractivity contribution in [2.45, 2.75) is 12.6 Å². The zero-order valence-electron chi connectivity index (χ0n) is 10.7. The van der Waals surface area contributed by atoms with Gasteiger partial charge in [0.15, 0.2) is 0 Å². The van der Waals surface area contributed by atoms with E-state index in [0.717, 1.165) is 19.6 Å². The molecule has 7 nitrogen and oxygen atoms in total. The van der Waals surface area contributed by atoms with Gasteiger partial charge in [-0.05, 0) is 14.1 Å². The summed E-state index contributed by atoms with van der Waals surface area (Å²) >= 11 is 0. The fourth-order valence-corrected chi connectivity index (χ4v) is 2.24. The Labute approximate surface area is 105 Å². The number of H-pyrrole nitrogens is 1. The van der Waals surface area contributed by atoms with Gasteiger partial charge in [0.2, 0.25) is 0 Å². The van der Waals surface area contributed by atoms with E-state index in [2.05, 4.69) is 21.8 Å². The summed E-state index contributed by atoms with van der Waals surface area (Å²) in [7, 11) is 4.09. The Hall–Kier alpha value is -1.60. The Bertz CT molecular complexity index is 535. The molecular formula is C11H19N5O2. The van der Waals surface area contributed by atoms with Crippen LogP contribution in [0.4, 0.5) is 5.82 Å². The highest BCUT2D eigenvalue weighted by Crippen LogP contribution is 2.08. The number of aromatic nitrogens is 2. The lowest BCUT2D eigenvalue weighted by Crippen LogP contribution is -2.52. The summed E-state index contributed by atoms with van der Waals surface area (Å²) in [6.45, 7) is 3.34. The van der Waals surface area contributed by atoms with E-state index in [1.54, 1.807) is 0 Å². The second-order valence-electron chi connectivity index (χ2n) is 4.87. The number of hydrogen-bond acceptors (Lipinski definition) is 5. The van der Waals surface area contributed by atoms with Crippen LogP contribution in [0.5, 0.6) is 0 Å². The van der Waals surface area contributed by atoms with Crippen molar-refractivity contribution in [1.29, 1.82) is 0 Å². The van der Waals surface area contributed by atoms with Crippen LogP contribution in [0.25, 0.3) is 0 Å². The number of anilines is 1.